The predicted molar refractivity (Wildman–Crippen MR) is 92.3 cm³/mol. The Morgan fingerprint density at radius 2 is 1.92 bits per heavy atom. The zero-order chi connectivity index (χ0) is 17.8. The van der Waals surface area contributed by atoms with Crippen LogP contribution < -0.4 is 20.3 Å². The molecule has 0 saturated carbocycles. The summed E-state index contributed by atoms with van der Waals surface area (Å²) in [6, 6.07) is 5.78. The second-order valence-corrected chi connectivity index (χ2v) is 6.26. The summed E-state index contributed by atoms with van der Waals surface area (Å²) >= 11 is 0. The first-order chi connectivity index (χ1) is 12.1. The lowest BCUT2D eigenvalue weighted by molar-refractivity contribution is -0.123. The predicted octanol–water partition coefficient (Wildman–Crippen LogP) is 0.976. The van der Waals surface area contributed by atoms with E-state index in [4.69, 9.17) is 4.74 Å². The monoisotopic (exact) mass is 345 g/mol. The van der Waals surface area contributed by atoms with Gasteiger partial charge in [-0.1, -0.05) is 0 Å². The van der Waals surface area contributed by atoms with Crippen molar-refractivity contribution in [2.24, 2.45) is 0 Å². The third kappa shape index (κ3) is 3.82. The molecule has 2 aliphatic heterocycles. The highest BCUT2D eigenvalue weighted by Crippen LogP contribution is 2.25. The van der Waals surface area contributed by atoms with Crippen molar-refractivity contribution in [1.29, 1.82) is 0 Å². The van der Waals surface area contributed by atoms with E-state index in [1.165, 1.54) is 4.90 Å². The van der Waals surface area contributed by atoms with Gasteiger partial charge in [0, 0.05) is 6.54 Å². The number of anilines is 1. The van der Waals surface area contributed by atoms with Crippen molar-refractivity contribution < 1.29 is 19.1 Å². The maximum absolute atomic E-state index is 12.7. The van der Waals surface area contributed by atoms with Crippen LogP contribution in [0.5, 0.6) is 5.75 Å². The van der Waals surface area contributed by atoms with Crippen molar-refractivity contribution in [3.63, 3.8) is 0 Å². The minimum absolute atomic E-state index is 0.0653. The summed E-state index contributed by atoms with van der Waals surface area (Å²) in [4.78, 5) is 38.2. The van der Waals surface area contributed by atoms with Crippen LogP contribution in [-0.4, -0.2) is 43.0 Å². The Balaban J connectivity index is 1.70. The van der Waals surface area contributed by atoms with Gasteiger partial charge in [0.2, 0.25) is 11.8 Å². The highest BCUT2D eigenvalue weighted by atomic mass is 16.5. The van der Waals surface area contributed by atoms with Gasteiger partial charge >= 0.3 is 0 Å². The van der Waals surface area contributed by atoms with Crippen LogP contribution in [0.1, 0.15) is 32.6 Å². The number of hydrogen-bond acceptors (Lipinski definition) is 5. The van der Waals surface area contributed by atoms with E-state index in [0.717, 1.165) is 12.8 Å². The molecule has 7 nitrogen and oxygen atoms in total. The lowest BCUT2D eigenvalue weighted by atomic mass is 10.1. The number of imide groups is 1. The highest BCUT2D eigenvalue weighted by Gasteiger charge is 2.41. The molecule has 0 radical (unpaired) electrons. The Kier molecular flexibility index (Phi) is 5.33. The van der Waals surface area contributed by atoms with Gasteiger partial charge in [-0.05, 0) is 50.5 Å². The largest absolute Gasteiger partial charge is 0.494 e. The van der Waals surface area contributed by atoms with Crippen LogP contribution in [0, 0.1) is 0 Å². The van der Waals surface area contributed by atoms with Gasteiger partial charge in [0.25, 0.3) is 5.91 Å². The van der Waals surface area contributed by atoms with Crippen molar-refractivity contribution in [3.8, 4) is 5.75 Å². The Morgan fingerprint density at radius 3 is 2.64 bits per heavy atom. The Labute approximate surface area is 146 Å². The van der Waals surface area contributed by atoms with Crippen molar-refractivity contribution in [3.05, 3.63) is 24.3 Å². The first-order valence-electron chi connectivity index (χ1n) is 8.73. The summed E-state index contributed by atoms with van der Waals surface area (Å²) in [5, 5.41) is 5.90. The smallest absolute Gasteiger partial charge is 0.251 e. The zero-order valence-corrected chi connectivity index (χ0v) is 14.3. The standard InChI is InChI=1S/C18H23N3O4/c1-2-25-13-8-6-12(7-9-13)21-16(22)11-15(18(21)24)20-14-5-3-4-10-19-17(14)23/h6-9,14-15,20H,2-5,10-11H2,1H3,(H,19,23)/t14-,15-/m0/s1. The molecule has 2 aliphatic rings. The summed E-state index contributed by atoms with van der Waals surface area (Å²) in [7, 11) is 0. The van der Waals surface area contributed by atoms with Gasteiger partial charge in [0.05, 0.1) is 30.8 Å². The van der Waals surface area contributed by atoms with Crippen LogP contribution in [0.25, 0.3) is 0 Å². The highest BCUT2D eigenvalue weighted by molar-refractivity contribution is 6.22. The lowest BCUT2D eigenvalue weighted by Gasteiger charge is -2.20. The molecule has 0 unspecified atom stereocenters. The van der Waals surface area contributed by atoms with Crippen LogP contribution in [0.4, 0.5) is 5.69 Å². The summed E-state index contributed by atoms with van der Waals surface area (Å²) in [5.41, 5.74) is 0.521. The fourth-order valence-electron chi connectivity index (χ4n) is 3.23. The molecule has 2 atom stereocenters. The van der Waals surface area contributed by atoms with Crippen molar-refractivity contribution in [2.45, 2.75) is 44.7 Å². The van der Waals surface area contributed by atoms with Crippen LogP contribution in [0.15, 0.2) is 24.3 Å². The van der Waals surface area contributed by atoms with E-state index in [-0.39, 0.29) is 24.1 Å². The minimum atomic E-state index is -0.659. The Hall–Kier alpha value is -2.41. The van der Waals surface area contributed by atoms with Gasteiger partial charge in [-0.15, -0.1) is 0 Å². The molecule has 2 saturated heterocycles. The summed E-state index contributed by atoms with van der Waals surface area (Å²) in [6.45, 7) is 3.10. The molecule has 2 heterocycles. The molecular weight excluding hydrogens is 322 g/mol. The Bertz CT molecular complexity index is 659. The molecule has 0 spiro atoms. The molecule has 7 heteroatoms. The maximum atomic E-state index is 12.7. The minimum Gasteiger partial charge on any atom is -0.494 e. The van der Waals surface area contributed by atoms with Crippen molar-refractivity contribution in [1.82, 2.24) is 10.6 Å². The van der Waals surface area contributed by atoms with Crippen LogP contribution >= 0.6 is 0 Å². The molecule has 3 rings (SSSR count). The average Bonchev–Trinajstić information content (AvgIpc) is 2.74. The topological polar surface area (TPSA) is 87.7 Å². The first-order valence-corrected chi connectivity index (χ1v) is 8.73. The van der Waals surface area contributed by atoms with Crippen molar-refractivity contribution in [2.75, 3.05) is 18.1 Å². The van der Waals surface area contributed by atoms with Gasteiger partial charge in [0.15, 0.2) is 0 Å². The van der Waals surface area contributed by atoms with E-state index in [1.807, 2.05) is 6.92 Å². The molecule has 25 heavy (non-hydrogen) atoms. The molecule has 1 aromatic rings. The van der Waals surface area contributed by atoms with Crippen LogP contribution in [0.3, 0.4) is 0 Å². The van der Waals surface area contributed by atoms with Crippen LogP contribution in [-0.2, 0) is 14.4 Å². The number of amides is 3. The van der Waals surface area contributed by atoms with Crippen molar-refractivity contribution >= 4 is 23.4 Å². The lowest BCUT2D eigenvalue weighted by Crippen LogP contribution is -2.50. The number of hydrogen-bond donors (Lipinski definition) is 2. The molecule has 2 fully saturated rings. The number of nitrogens with one attached hydrogen (secondary N) is 2. The number of carbonyl (C=O) groups excluding carboxylic acids is 3. The number of nitrogens with zero attached hydrogens (tertiary/aromatic N) is 1. The summed E-state index contributed by atoms with van der Waals surface area (Å²) < 4.78 is 5.38. The number of ether oxygens (including phenoxy) is 1. The molecule has 3 amide bonds. The van der Waals surface area contributed by atoms with Gasteiger partial charge < -0.3 is 10.1 Å². The second kappa shape index (κ2) is 7.65. The van der Waals surface area contributed by atoms with E-state index in [0.29, 0.717) is 31.0 Å². The first kappa shape index (κ1) is 17.4. The van der Waals surface area contributed by atoms with E-state index in [2.05, 4.69) is 10.6 Å². The third-order valence-electron chi connectivity index (χ3n) is 4.49. The molecule has 0 bridgehead atoms. The summed E-state index contributed by atoms with van der Waals surface area (Å²) in [5.74, 6) is 0.0132. The van der Waals surface area contributed by atoms with E-state index in [1.54, 1.807) is 24.3 Å². The molecular formula is C18H23N3O4. The van der Waals surface area contributed by atoms with Gasteiger partial charge in [-0.2, -0.15) is 0 Å². The molecule has 0 aromatic heterocycles. The van der Waals surface area contributed by atoms with E-state index in [9.17, 15) is 14.4 Å². The van der Waals surface area contributed by atoms with Gasteiger partial charge in [-0.25, -0.2) is 4.90 Å². The van der Waals surface area contributed by atoms with Gasteiger partial charge in [-0.3, -0.25) is 19.7 Å². The molecule has 1 aromatic carbocycles. The van der Waals surface area contributed by atoms with Crippen LogP contribution in [0.2, 0.25) is 0 Å². The molecule has 0 aliphatic carbocycles. The average molecular weight is 345 g/mol. The fourth-order valence-corrected chi connectivity index (χ4v) is 3.23. The van der Waals surface area contributed by atoms with E-state index < -0.39 is 12.1 Å². The Morgan fingerprint density at radius 1 is 1.16 bits per heavy atom. The normalized spacial score (nSPS) is 24.2. The van der Waals surface area contributed by atoms with E-state index >= 15 is 0 Å². The fraction of sp³-hybridized carbons (Fsp3) is 0.500. The number of benzene rings is 1. The SMILES string of the molecule is CCOc1ccc(N2C(=O)C[C@H](N[C@H]3CCCCNC3=O)C2=O)cc1. The molecule has 134 valence electrons. The zero-order valence-electron chi connectivity index (χ0n) is 14.3. The quantitative estimate of drug-likeness (QED) is 0.777. The van der Waals surface area contributed by atoms with Gasteiger partial charge in [0.1, 0.15) is 5.75 Å². The third-order valence-corrected chi connectivity index (χ3v) is 4.49. The number of rotatable bonds is 5. The molecule has 2 N–H and O–H groups in total. The summed E-state index contributed by atoms with van der Waals surface area (Å²) in [6.07, 6.45) is 2.58. The second-order valence-electron chi connectivity index (χ2n) is 6.26. The maximum Gasteiger partial charge on any atom is 0.251 e. The number of carbonyl (C=O) groups is 3.